The van der Waals surface area contributed by atoms with Gasteiger partial charge in [0.05, 0.1) is 4.90 Å². The molecule has 0 fully saturated rings. The minimum absolute atomic E-state index is 0.385. The average Bonchev–Trinajstić information content (AvgIpc) is 2.19. The van der Waals surface area contributed by atoms with Gasteiger partial charge in [0.15, 0.2) is 11.6 Å². The van der Waals surface area contributed by atoms with E-state index in [4.69, 9.17) is 0 Å². The van der Waals surface area contributed by atoms with Crippen LogP contribution in [-0.4, -0.2) is 33.8 Å². The van der Waals surface area contributed by atoms with Gasteiger partial charge in [-0.3, -0.25) is 0 Å². The molecule has 16 heavy (non-hydrogen) atoms. The molecule has 88 valence electrons. The molecule has 0 unspecified atom stereocenters. The van der Waals surface area contributed by atoms with E-state index in [1.54, 1.807) is 14.1 Å². The zero-order chi connectivity index (χ0) is 12.3. The molecule has 1 aromatic carbocycles. The first kappa shape index (κ1) is 12.6. The van der Waals surface area contributed by atoms with Crippen molar-refractivity contribution in [1.82, 2.24) is 4.90 Å². The zero-order valence-corrected chi connectivity index (χ0v) is 9.50. The van der Waals surface area contributed by atoms with Gasteiger partial charge in [0, 0.05) is 14.1 Å². The fourth-order valence-electron chi connectivity index (χ4n) is 0.855. The molecule has 1 rings (SSSR count). The van der Waals surface area contributed by atoms with Crippen LogP contribution in [0.5, 0.6) is 0 Å². The number of hydrogen-bond donors (Lipinski definition) is 0. The molecule has 0 aliphatic rings. The minimum atomic E-state index is -3.97. The Kier molecular flexibility index (Phi) is 3.58. The van der Waals surface area contributed by atoms with Crippen molar-refractivity contribution < 1.29 is 17.2 Å². The van der Waals surface area contributed by atoms with Crippen LogP contribution in [0.2, 0.25) is 0 Å². The lowest BCUT2D eigenvalue weighted by Crippen LogP contribution is -2.10. The lowest BCUT2D eigenvalue weighted by Gasteiger charge is -2.03. The first-order chi connectivity index (χ1) is 7.33. The van der Waals surface area contributed by atoms with Crippen LogP contribution >= 0.6 is 0 Å². The van der Waals surface area contributed by atoms with E-state index < -0.39 is 21.7 Å². The Morgan fingerprint density at radius 2 is 1.88 bits per heavy atom. The Hall–Kier alpha value is -1.50. The maximum absolute atomic E-state index is 12.8. The second-order valence-corrected chi connectivity index (χ2v) is 4.87. The van der Waals surface area contributed by atoms with Crippen LogP contribution in [0.25, 0.3) is 0 Å². The third kappa shape index (κ3) is 2.99. The minimum Gasteiger partial charge on any atom is -0.368 e. The summed E-state index contributed by atoms with van der Waals surface area (Å²) >= 11 is 0. The summed E-state index contributed by atoms with van der Waals surface area (Å²) in [6.45, 7) is 0. The van der Waals surface area contributed by atoms with E-state index in [0.717, 1.165) is 18.5 Å². The smallest absolute Gasteiger partial charge is 0.283 e. The summed E-state index contributed by atoms with van der Waals surface area (Å²) in [7, 11) is -0.798. The number of hydrogen-bond acceptors (Lipinski definition) is 2. The lowest BCUT2D eigenvalue weighted by atomic mass is 10.3. The lowest BCUT2D eigenvalue weighted by molar-refractivity contribution is 0.504. The third-order valence-electron chi connectivity index (χ3n) is 1.61. The number of nitrogens with zero attached hydrogens (tertiary/aromatic N) is 2. The molecular formula is C9H10F2N2O2S. The predicted molar refractivity (Wildman–Crippen MR) is 55.7 cm³/mol. The van der Waals surface area contributed by atoms with Crippen molar-refractivity contribution in [2.24, 2.45) is 4.40 Å². The van der Waals surface area contributed by atoms with E-state index in [1.807, 2.05) is 0 Å². The Bertz CT molecular complexity index is 512. The van der Waals surface area contributed by atoms with Crippen LogP contribution in [0.1, 0.15) is 0 Å². The van der Waals surface area contributed by atoms with Gasteiger partial charge in [-0.05, 0) is 18.2 Å². The Balaban J connectivity index is 3.13. The highest BCUT2D eigenvalue weighted by Gasteiger charge is 2.14. The molecule has 0 heterocycles. The SMILES string of the molecule is CN(C)C=NS(=O)(=O)c1ccc(F)c(F)c1. The molecule has 1 aromatic rings. The summed E-state index contributed by atoms with van der Waals surface area (Å²) < 4.78 is 51.6. The van der Waals surface area contributed by atoms with Gasteiger partial charge >= 0.3 is 0 Å². The molecular weight excluding hydrogens is 238 g/mol. The van der Waals surface area contributed by atoms with Gasteiger partial charge in [-0.25, -0.2) is 8.78 Å². The summed E-state index contributed by atoms with van der Waals surface area (Å²) in [5.41, 5.74) is 0. The number of sulfonamides is 1. The summed E-state index contributed by atoms with van der Waals surface area (Å²) in [6.07, 6.45) is 1.07. The van der Waals surface area contributed by atoms with Crippen molar-refractivity contribution in [3.63, 3.8) is 0 Å². The van der Waals surface area contributed by atoms with Gasteiger partial charge in [-0.15, -0.1) is 4.40 Å². The van der Waals surface area contributed by atoms with Gasteiger partial charge in [-0.2, -0.15) is 8.42 Å². The van der Waals surface area contributed by atoms with Crippen molar-refractivity contribution in [1.29, 1.82) is 0 Å². The predicted octanol–water partition coefficient (Wildman–Crippen LogP) is 1.24. The summed E-state index contributed by atoms with van der Waals surface area (Å²) in [6, 6.07) is 2.30. The standard InChI is InChI=1S/C9H10F2N2O2S/c1-13(2)6-12-16(14,15)7-3-4-8(10)9(11)5-7/h3-6H,1-2H3. The highest BCUT2D eigenvalue weighted by molar-refractivity contribution is 7.90. The molecule has 4 nitrogen and oxygen atoms in total. The molecule has 0 amide bonds. The number of benzene rings is 1. The molecule has 7 heteroatoms. The quantitative estimate of drug-likeness (QED) is 0.597. The largest absolute Gasteiger partial charge is 0.368 e. The van der Waals surface area contributed by atoms with Crippen LogP contribution in [0, 0.1) is 11.6 Å². The van der Waals surface area contributed by atoms with Crippen molar-refractivity contribution in [2.75, 3.05) is 14.1 Å². The monoisotopic (exact) mass is 248 g/mol. The average molecular weight is 248 g/mol. The fourth-order valence-corrected chi connectivity index (χ4v) is 1.78. The van der Waals surface area contributed by atoms with Gasteiger partial charge in [0.2, 0.25) is 0 Å². The molecule has 0 bridgehead atoms. The number of rotatable bonds is 3. The molecule has 0 N–H and O–H groups in total. The maximum Gasteiger partial charge on any atom is 0.283 e. The van der Waals surface area contributed by atoms with E-state index in [9.17, 15) is 17.2 Å². The van der Waals surface area contributed by atoms with Crippen LogP contribution in [0.15, 0.2) is 27.5 Å². The van der Waals surface area contributed by atoms with E-state index in [0.29, 0.717) is 6.07 Å². The van der Waals surface area contributed by atoms with Crippen LogP contribution in [0.4, 0.5) is 8.78 Å². The van der Waals surface area contributed by atoms with Crippen LogP contribution in [-0.2, 0) is 10.0 Å². The van der Waals surface area contributed by atoms with Crippen molar-refractivity contribution in [2.45, 2.75) is 4.90 Å². The number of halogens is 2. The zero-order valence-electron chi connectivity index (χ0n) is 8.68. The highest BCUT2D eigenvalue weighted by Crippen LogP contribution is 2.15. The molecule has 0 radical (unpaired) electrons. The van der Waals surface area contributed by atoms with E-state index in [-0.39, 0.29) is 4.90 Å². The highest BCUT2D eigenvalue weighted by atomic mass is 32.2. The summed E-state index contributed by atoms with van der Waals surface area (Å²) in [5, 5.41) is 0. The van der Waals surface area contributed by atoms with Crippen molar-refractivity contribution in [3.05, 3.63) is 29.8 Å². The normalized spacial score (nSPS) is 12.0. The van der Waals surface area contributed by atoms with E-state index in [2.05, 4.69) is 4.40 Å². The molecule has 0 aromatic heterocycles. The van der Waals surface area contributed by atoms with Crippen LogP contribution < -0.4 is 0 Å². The first-order valence-electron chi connectivity index (χ1n) is 4.25. The van der Waals surface area contributed by atoms with E-state index >= 15 is 0 Å². The maximum atomic E-state index is 12.8. The Morgan fingerprint density at radius 1 is 1.25 bits per heavy atom. The van der Waals surface area contributed by atoms with Crippen molar-refractivity contribution >= 4 is 16.4 Å². The summed E-state index contributed by atoms with van der Waals surface area (Å²) in [4.78, 5) is 1.03. The van der Waals surface area contributed by atoms with Gasteiger partial charge in [0.1, 0.15) is 6.34 Å². The Labute approximate surface area is 92.3 Å². The summed E-state index contributed by atoms with van der Waals surface area (Å²) in [5.74, 6) is -2.32. The van der Waals surface area contributed by atoms with E-state index in [1.165, 1.54) is 4.90 Å². The molecule has 0 atom stereocenters. The van der Waals surface area contributed by atoms with Crippen molar-refractivity contribution in [3.8, 4) is 0 Å². The topological polar surface area (TPSA) is 49.7 Å². The molecule has 0 saturated carbocycles. The second kappa shape index (κ2) is 4.56. The molecule has 0 spiro atoms. The van der Waals surface area contributed by atoms with Gasteiger partial charge in [-0.1, -0.05) is 0 Å². The second-order valence-electron chi connectivity index (χ2n) is 3.24. The Morgan fingerprint density at radius 3 is 2.38 bits per heavy atom. The molecule has 0 aliphatic carbocycles. The van der Waals surface area contributed by atoms with Gasteiger partial charge < -0.3 is 4.90 Å². The third-order valence-corrected chi connectivity index (χ3v) is 2.83. The first-order valence-corrected chi connectivity index (χ1v) is 5.69. The van der Waals surface area contributed by atoms with Gasteiger partial charge in [0.25, 0.3) is 10.0 Å². The van der Waals surface area contributed by atoms with Crippen LogP contribution in [0.3, 0.4) is 0 Å². The molecule has 0 saturated heterocycles. The molecule has 0 aliphatic heterocycles. The fraction of sp³-hybridized carbons (Fsp3) is 0.222.